The Bertz CT molecular complexity index is 266. The maximum absolute atomic E-state index is 11.6. The van der Waals surface area contributed by atoms with Crippen molar-refractivity contribution in [3.63, 3.8) is 0 Å². The van der Waals surface area contributed by atoms with Gasteiger partial charge in [-0.15, -0.1) is 0 Å². The molecule has 16 heavy (non-hydrogen) atoms. The summed E-state index contributed by atoms with van der Waals surface area (Å²) in [6, 6.07) is 0.118. The average Bonchev–Trinajstić information content (AvgIpc) is 2.18. The van der Waals surface area contributed by atoms with Gasteiger partial charge in [-0.3, -0.25) is 9.59 Å². The summed E-state index contributed by atoms with van der Waals surface area (Å²) in [5.41, 5.74) is 0. The molecule has 1 aliphatic rings. The fourth-order valence-electron chi connectivity index (χ4n) is 1.88. The molecule has 1 rings (SSSR count). The molecule has 0 aliphatic carbocycles. The number of hydrogen-bond donors (Lipinski definition) is 2. The van der Waals surface area contributed by atoms with Gasteiger partial charge in [-0.2, -0.15) is 0 Å². The first-order valence-corrected chi connectivity index (χ1v) is 5.72. The molecule has 0 radical (unpaired) electrons. The van der Waals surface area contributed by atoms with Crippen molar-refractivity contribution < 1.29 is 14.7 Å². The third-order valence-electron chi connectivity index (χ3n) is 2.63. The van der Waals surface area contributed by atoms with Gasteiger partial charge in [0.15, 0.2) is 0 Å². The van der Waals surface area contributed by atoms with Gasteiger partial charge in [0.05, 0.1) is 6.54 Å². The van der Waals surface area contributed by atoms with Gasteiger partial charge in [-0.25, -0.2) is 0 Å². The van der Waals surface area contributed by atoms with Gasteiger partial charge in [-0.1, -0.05) is 13.8 Å². The molecule has 0 spiro atoms. The summed E-state index contributed by atoms with van der Waals surface area (Å²) in [6.07, 6.45) is 0.735. The minimum atomic E-state index is -0.783. The van der Waals surface area contributed by atoms with Crippen LogP contribution in [0.15, 0.2) is 0 Å². The van der Waals surface area contributed by atoms with E-state index in [1.54, 1.807) is 0 Å². The summed E-state index contributed by atoms with van der Waals surface area (Å²) < 4.78 is 0. The van der Waals surface area contributed by atoms with E-state index in [-0.39, 0.29) is 18.4 Å². The molecule has 0 bridgehead atoms. The van der Waals surface area contributed by atoms with E-state index in [1.807, 2.05) is 4.90 Å². The molecule has 2 N–H and O–H groups in total. The number of carbonyl (C=O) groups excluding carboxylic acids is 1. The standard InChI is InChI=1S/C11H20N2O3/c1-8(2)6-13-7-9(3-4-11(15)16)12-5-10(13)14/h8-9,12H,3-7H2,1-2H3,(H,15,16). The second-order valence-corrected chi connectivity index (χ2v) is 4.70. The van der Waals surface area contributed by atoms with E-state index in [9.17, 15) is 9.59 Å². The molecule has 5 nitrogen and oxygen atoms in total. The van der Waals surface area contributed by atoms with Crippen LogP contribution >= 0.6 is 0 Å². The van der Waals surface area contributed by atoms with E-state index in [0.29, 0.717) is 25.4 Å². The molecule has 0 saturated carbocycles. The van der Waals surface area contributed by atoms with Crippen molar-refractivity contribution in [2.75, 3.05) is 19.6 Å². The second kappa shape index (κ2) is 5.84. The summed E-state index contributed by atoms with van der Waals surface area (Å²) in [7, 11) is 0. The number of rotatable bonds is 5. The molecule has 0 aromatic heterocycles. The predicted molar refractivity (Wildman–Crippen MR) is 60.1 cm³/mol. The molecule has 92 valence electrons. The molecule has 0 aromatic carbocycles. The lowest BCUT2D eigenvalue weighted by atomic mass is 10.1. The molecule has 5 heteroatoms. The Morgan fingerprint density at radius 3 is 2.88 bits per heavy atom. The fraction of sp³-hybridized carbons (Fsp3) is 0.818. The van der Waals surface area contributed by atoms with Crippen molar-refractivity contribution in [3.05, 3.63) is 0 Å². The van der Waals surface area contributed by atoms with Crippen molar-refractivity contribution in [2.45, 2.75) is 32.7 Å². The number of carbonyl (C=O) groups is 2. The Morgan fingerprint density at radius 2 is 2.31 bits per heavy atom. The zero-order valence-electron chi connectivity index (χ0n) is 9.90. The quantitative estimate of drug-likeness (QED) is 0.710. The number of amides is 1. The van der Waals surface area contributed by atoms with Crippen LogP contribution in [0.5, 0.6) is 0 Å². The van der Waals surface area contributed by atoms with Gasteiger partial charge in [0.25, 0.3) is 0 Å². The van der Waals surface area contributed by atoms with Gasteiger partial charge in [0.2, 0.25) is 5.91 Å². The maximum atomic E-state index is 11.6. The Balaban J connectivity index is 2.40. The number of carboxylic acids is 1. The number of nitrogens with zero attached hydrogens (tertiary/aromatic N) is 1. The van der Waals surface area contributed by atoms with Crippen molar-refractivity contribution in [3.8, 4) is 0 Å². The third-order valence-corrected chi connectivity index (χ3v) is 2.63. The van der Waals surface area contributed by atoms with Crippen LogP contribution in [-0.2, 0) is 9.59 Å². The third kappa shape index (κ3) is 4.18. The molecule has 1 amide bonds. The van der Waals surface area contributed by atoms with Crippen molar-refractivity contribution in [2.24, 2.45) is 5.92 Å². The number of nitrogens with one attached hydrogen (secondary N) is 1. The predicted octanol–water partition coefficient (Wildman–Crippen LogP) is 0.308. The largest absolute Gasteiger partial charge is 0.481 e. The van der Waals surface area contributed by atoms with Crippen LogP contribution in [-0.4, -0.2) is 47.6 Å². The van der Waals surface area contributed by atoms with Crippen molar-refractivity contribution >= 4 is 11.9 Å². The minimum Gasteiger partial charge on any atom is -0.481 e. The Kier molecular flexibility index (Phi) is 4.73. The molecule has 1 saturated heterocycles. The molecule has 1 atom stereocenters. The topological polar surface area (TPSA) is 69.6 Å². The maximum Gasteiger partial charge on any atom is 0.303 e. The fourth-order valence-corrected chi connectivity index (χ4v) is 1.88. The summed E-state index contributed by atoms with van der Waals surface area (Å²) >= 11 is 0. The number of hydrogen-bond acceptors (Lipinski definition) is 3. The SMILES string of the molecule is CC(C)CN1CC(CCC(=O)O)NCC1=O. The van der Waals surface area contributed by atoms with Crippen LogP contribution in [0.2, 0.25) is 0 Å². The first-order chi connectivity index (χ1) is 7.49. The lowest BCUT2D eigenvalue weighted by Gasteiger charge is -2.34. The van der Waals surface area contributed by atoms with Crippen LogP contribution < -0.4 is 5.32 Å². The summed E-state index contributed by atoms with van der Waals surface area (Å²) in [5.74, 6) is -0.225. The first-order valence-electron chi connectivity index (χ1n) is 5.72. The van der Waals surface area contributed by atoms with E-state index in [2.05, 4.69) is 19.2 Å². The van der Waals surface area contributed by atoms with Gasteiger partial charge < -0.3 is 15.3 Å². The van der Waals surface area contributed by atoms with E-state index < -0.39 is 5.97 Å². The second-order valence-electron chi connectivity index (χ2n) is 4.70. The Morgan fingerprint density at radius 1 is 1.62 bits per heavy atom. The Labute approximate surface area is 95.8 Å². The monoisotopic (exact) mass is 228 g/mol. The summed E-state index contributed by atoms with van der Waals surface area (Å²) in [4.78, 5) is 23.8. The highest BCUT2D eigenvalue weighted by molar-refractivity contribution is 5.79. The molecule has 0 aromatic rings. The van der Waals surface area contributed by atoms with E-state index in [4.69, 9.17) is 5.11 Å². The summed E-state index contributed by atoms with van der Waals surface area (Å²) in [5, 5.41) is 11.7. The molecule has 1 aliphatic heterocycles. The van der Waals surface area contributed by atoms with Crippen LogP contribution in [0.3, 0.4) is 0 Å². The highest BCUT2D eigenvalue weighted by Gasteiger charge is 2.25. The number of carboxylic acid groups (broad SMARTS) is 1. The van der Waals surface area contributed by atoms with E-state index in [1.165, 1.54) is 0 Å². The van der Waals surface area contributed by atoms with E-state index in [0.717, 1.165) is 6.54 Å². The lowest BCUT2D eigenvalue weighted by Crippen LogP contribution is -2.54. The lowest BCUT2D eigenvalue weighted by molar-refractivity contribution is -0.137. The molecular weight excluding hydrogens is 208 g/mol. The number of piperazine rings is 1. The van der Waals surface area contributed by atoms with Crippen molar-refractivity contribution in [1.82, 2.24) is 10.2 Å². The van der Waals surface area contributed by atoms with Crippen LogP contribution in [0, 0.1) is 5.92 Å². The highest BCUT2D eigenvalue weighted by Crippen LogP contribution is 2.08. The minimum absolute atomic E-state index is 0.111. The van der Waals surface area contributed by atoms with Gasteiger partial charge >= 0.3 is 5.97 Å². The van der Waals surface area contributed by atoms with Crippen molar-refractivity contribution in [1.29, 1.82) is 0 Å². The molecule has 1 fully saturated rings. The number of aliphatic carboxylic acids is 1. The molecule has 1 heterocycles. The van der Waals surface area contributed by atoms with Crippen LogP contribution in [0.25, 0.3) is 0 Å². The zero-order valence-corrected chi connectivity index (χ0v) is 9.90. The van der Waals surface area contributed by atoms with Gasteiger partial charge in [-0.05, 0) is 12.3 Å². The summed E-state index contributed by atoms with van der Waals surface area (Å²) in [6.45, 7) is 5.86. The Hall–Kier alpha value is -1.10. The van der Waals surface area contributed by atoms with Gasteiger partial charge in [0.1, 0.15) is 0 Å². The van der Waals surface area contributed by atoms with Crippen LogP contribution in [0.1, 0.15) is 26.7 Å². The first kappa shape index (κ1) is 13.0. The average molecular weight is 228 g/mol. The van der Waals surface area contributed by atoms with E-state index >= 15 is 0 Å². The van der Waals surface area contributed by atoms with Crippen LogP contribution in [0.4, 0.5) is 0 Å². The van der Waals surface area contributed by atoms with Gasteiger partial charge in [0, 0.05) is 25.6 Å². The smallest absolute Gasteiger partial charge is 0.303 e. The normalized spacial score (nSPS) is 21.6. The molecular formula is C11H20N2O3. The zero-order chi connectivity index (χ0) is 12.1. The highest BCUT2D eigenvalue weighted by atomic mass is 16.4. The molecule has 1 unspecified atom stereocenters.